The van der Waals surface area contributed by atoms with Crippen LogP contribution in [-0.2, 0) is 16.6 Å². The summed E-state index contributed by atoms with van der Waals surface area (Å²) >= 11 is 1.31. The molecule has 0 saturated carbocycles. The third-order valence-electron chi connectivity index (χ3n) is 4.22. The van der Waals surface area contributed by atoms with Crippen LogP contribution in [0.1, 0.15) is 17.3 Å². The van der Waals surface area contributed by atoms with E-state index in [0.717, 1.165) is 11.8 Å². The fourth-order valence-electron chi connectivity index (χ4n) is 2.86. The monoisotopic (exact) mass is 446 g/mol. The second-order valence-electron chi connectivity index (χ2n) is 6.41. The molecule has 158 valence electrons. The number of para-hydroxylation sites is 1. The van der Waals surface area contributed by atoms with Gasteiger partial charge in [0.1, 0.15) is 5.75 Å². The molecule has 30 heavy (non-hydrogen) atoms. The smallest absolute Gasteiger partial charge is 0.229 e. The zero-order chi connectivity index (χ0) is 21.7. The van der Waals surface area contributed by atoms with E-state index in [0.29, 0.717) is 34.5 Å². The summed E-state index contributed by atoms with van der Waals surface area (Å²) in [6, 6.07) is 13.9. The number of methoxy groups -OCH3 is 1. The van der Waals surface area contributed by atoms with Gasteiger partial charge in [-0.1, -0.05) is 23.9 Å². The van der Waals surface area contributed by atoms with Crippen LogP contribution >= 0.6 is 11.8 Å². The van der Waals surface area contributed by atoms with Gasteiger partial charge in [-0.05, 0) is 43.3 Å². The van der Waals surface area contributed by atoms with E-state index in [1.54, 1.807) is 31.4 Å². The van der Waals surface area contributed by atoms with Crippen LogP contribution in [0, 0.1) is 0 Å². The Morgan fingerprint density at radius 1 is 1.13 bits per heavy atom. The average molecular weight is 447 g/mol. The van der Waals surface area contributed by atoms with E-state index >= 15 is 0 Å². The van der Waals surface area contributed by atoms with Crippen LogP contribution in [0.15, 0.2) is 53.7 Å². The molecule has 0 unspecified atom stereocenters. The molecule has 0 bridgehead atoms. The van der Waals surface area contributed by atoms with Gasteiger partial charge >= 0.3 is 0 Å². The Bertz CT molecular complexity index is 1140. The average Bonchev–Trinajstić information content (AvgIpc) is 3.14. The number of nitrogens with zero attached hydrogens (tertiary/aromatic N) is 3. The Balaban J connectivity index is 1.73. The van der Waals surface area contributed by atoms with Crippen LogP contribution < -0.4 is 9.46 Å². The molecule has 8 nitrogen and oxygen atoms in total. The van der Waals surface area contributed by atoms with E-state index in [4.69, 9.17) is 4.74 Å². The highest BCUT2D eigenvalue weighted by Crippen LogP contribution is 2.31. The summed E-state index contributed by atoms with van der Waals surface area (Å²) in [5.74, 6) is 1.48. The van der Waals surface area contributed by atoms with Crippen LogP contribution in [0.5, 0.6) is 5.75 Å². The van der Waals surface area contributed by atoms with E-state index in [9.17, 15) is 13.2 Å². The summed E-state index contributed by atoms with van der Waals surface area (Å²) in [7, 11) is -1.75. The first kappa shape index (κ1) is 21.8. The number of carbonyl (C=O) groups excluding carboxylic acids is 1. The molecule has 10 heteroatoms. The second kappa shape index (κ2) is 9.31. The summed E-state index contributed by atoms with van der Waals surface area (Å²) in [5, 5.41) is 9.19. The van der Waals surface area contributed by atoms with Gasteiger partial charge in [0.2, 0.25) is 10.0 Å². The number of thioether (sulfide) groups is 1. The van der Waals surface area contributed by atoms with Crippen molar-refractivity contribution >= 4 is 33.3 Å². The van der Waals surface area contributed by atoms with Gasteiger partial charge in [-0.3, -0.25) is 9.52 Å². The van der Waals surface area contributed by atoms with Crippen molar-refractivity contribution in [2.45, 2.75) is 18.6 Å². The molecule has 1 aromatic heterocycles. The van der Waals surface area contributed by atoms with Crippen molar-refractivity contribution in [1.29, 1.82) is 0 Å². The number of nitrogens with one attached hydrogen (secondary N) is 1. The van der Waals surface area contributed by atoms with Gasteiger partial charge in [-0.2, -0.15) is 0 Å². The summed E-state index contributed by atoms with van der Waals surface area (Å²) in [4.78, 5) is 12.6. The molecule has 0 saturated heterocycles. The molecule has 0 aliphatic carbocycles. The van der Waals surface area contributed by atoms with Crippen LogP contribution in [0.2, 0.25) is 0 Å². The van der Waals surface area contributed by atoms with Gasteiger partial charge in [-0.25, -0.2) is 8.42 Å². The Hall–Kier alpha value is -2.85. The fraction of sp³-hybridized carbons (Fsp3) is 0.250. The fourth-order valence-corrected chi connectivity index (χ4v) is 4.32. The molecule has 0 fully saturated rings. The van der Waals surface area contributed by atoms with E-state index in [1.165, 1.54) is 11.8 Å². The minimum absolute atomic E-state index is 0.0876. The molecule has 0 aliphatic heterocycles. The first-order valence-corrected chi connectivity index (χ1v) is 12.0. The number of hydrogen-bond donors (Lipinski definition) is 1. The van der Waals surface area contributed by atoms with Gasteiger partial charge < -0.3 is 9.30 Å². The minimum Gasteiger partial charge on any atom is -0.496 e. The van der Waals surface area contributed by atoms with Crippen molar-refractivity contribution in [3.8, 4) is 17.1 Å². The van der Waals surface area contributed by atoms with Gasteiger partial charge in [-0.15, -0.1) is 10.2 Å². The molecule has 3 rings (SSSR count). The number of Topliss-reactive ketones (excluding diaryl/α,β-unsaturated/α-hetero) is 1. The molecule has 1 heterocycles. The lowest BCUT2D eigenvalue weighted by molar-refractivity contribution is 0.102. The topological polar surface area (TPSA) is 103 Å². The summed E-state index contributed by atoms with van der Waals surface area (Å²) < 4.78 is 32.3. The summed E-state index contributed by atoms with van der Waals surface area (Å²) in [6.45, 7) is 2.63. The number of carbonyl (C=O) groups is 1. The van der Waals surface area contributed by atoms with Crippen LogP contribution in [0.3, 0.4) is 0 Å². The summed E-state index contributed by atoms with van der Waals surface area (Å²) in [5.41, 5.74) is 1.74. The minimum atomic E-state index is -3.36. The zero-order valence-electron chi connectivity index (χ0n) is 16.8. The molecule has 0 aliphatic rings. The number of rotatable bonds is 9. The van der Waals surface area contributed by atoms with Gasteiger partial charge in [0.25, 0.3) is 0 Å². The SMILES string of the molecule is CCn1c(SCC(=O)c2ccc(NS(C)(=O)=O)cc2)nnc1-c1ccccc1OC. The van der Waals surface area contributed by atoms with Crippen LogP contribution in [0.25, 0.3) is 11.4 Å². The van der Waals surface area contributed by atoms with Crippen molar-refractivity contribution in [2.24, 2.45) is 0 Å². The molecule has 0 amide bonds. The highest BCUT2D eigenvalue weighted by molar-refractivity contribution is 7.99. The maximum atomic E-state index is 12.6. The number of aromatic nitrogens is 3. The maximum Gasteiger partial charge on any atom is 0.229 e. The first-order chi connectivity index (χ1) is 14.3. The van der Waals surface area contributed by atoms with E-state index in [-0.39, 0.29) is 11.5 Å². The van der Waals surface area contributed by atoms with Crippen molar-refractivity contribution in [3.05, 3.63) is 54.1 Å². The molecule has 0 spiro atoms. The lowest BCUT2D eigenvalue weighted by atomic mass is 10.1. The van der Waals surface area contributed by atoms with E-state index in [2.05, 4.69) is 14.9 Å². The lowest BCUT2D eigenvalue weighted by Crippen LogP contribution is -2.10. The van der Waals surface area contributed by atoms with Crippen molar-refractivity contribution in [3.63, 3.8) is 0 Å². The molecule has 0 atom stereocenters. The number of ketones is 1. The predicted molar refractivity (Wildman–Crippen MR) is 118 cm³/mol. The second-order valence-corrected chi connectivity index (χ2v) is 9.11. The molecular weight excluding hydrogens is 424 g/mol. The van der Waals surface area contributed by atoms with Gasteiger partial charge in [0, 0.05) is 17.8 Å². The van der Waals surface area contributed by atoms with Crippen LogP contribution in [0.4, 0.5) is 5.69 Å². The molecular formula is C20H22N4O4S2. The highest BCUT2D eigenvalue weighted by Gasteiger charge is 2.17. The van der Waals surface area contributed by atoms with Gasteiger partial charge in [0.15, 0.2) is 16.8 Å². The number of hydrogen-bond acceptors (Lipinski definition) is 7. The summed E-state index contributed by atoms with van der Waals surface area (Å²) in [6.07, 6.45) is 1.08. The Morgan fingerprint density at radius 2 is 1.83 bits per heavy atom. The highest BCUT2D eigenvalue weighted by atomic mass is 32.2. The number of benzene rings is 2. The Morgan fingerprint density at radius 3 is 2.47 bits per heavy atom. The van der Waals surface area contributed by atoms with E-state index in [1.807, 2.05) is 35.8 Å². The number of ether oxygens (including phenoxy) is 1. The quantitative estimate of drug-likeness (QED) is 0.397. The Kier molecular flexibility index (Phi) is 6.78. The Labute approximate surface area is 179 Å². The third-order valence-corrected chi connectivity index (χ3v) is 5.80. The third kappa shape index (κ3) is 5.19. The number of anilines is 1. The van der Waals surface area contributed by atoms with Gasteiger partial charge in [0.05, 0.1) is 24.7 Å². The molecule has 1 N–H and O–H groups in total. The van der Waals surface area contributed by atoms with Crippen molar-refractivity contribution in [1.82, 2.24) is 14.8 Å². The number of sulfonamides is 1. The molecule has 3 aromatic rings. The maximum absolute atomic E-state index is 12.6. The van der Waals surface area contributed by atoms with E-state index < -0.39 is 10.0 Å². The standard InChI is InChI=1S/C20H22N4O4S2/c1-4-24-19(16-7-5-6-8-18(16)28-2)21-22-20(24)29-13-17(25)14-9-11-15(12-10-14)23-30(3,26)27/h5-12,23H,4,13H2,1-3H3. The first-order valence-electron chi connectivity index (χ1n) is 9.13. The van der Waals surface area contributed by atoms with Crippen molar-refractivity contribution < 1.29 is 17.9 Å². The van der Waals surface area contributed by atoms with Crippen molar-refractivity contribution in [2.75, 3.05) is 23.8 Å². The lowest BCUT2D eigenvalue weighted by Gasteiger charge is -2.10. The normalized spacial score (nSPS) is 11.3. The van der Waals surface area contributed by atoms with Crippen LogP contribution in [-0.4, -0.2) is 48.1 Å². The predicted octanol–water partition coefficient (Wildman–Crippen LogP) is 3.32. The molecule has 0 radical (unpaired) electrons. The largest absolute Gasteiger partial charge is 0.496 e. The molecule has 2 aromatic carbocycles. The zero-order valence-corrected chi connectivity index (χ0v) is 18.5.